The molecule has 3 N–H and O–H groups in total. The molecule has 2 aromatic rings. The first-order chi connectivity index (χ1) is 12.4. The van der Waals surface area contributed by atoms with Gasteiger partial charge in [-0.3, -0.25) is 4.79 Å². The van der Waals surface area contributed by atoms with Gasteiger partial charge in [-0.15, -0.1) is 0 Å². The quantitative estimate of drug-likeness (QED) is 0.719. The molecule has 1 atom stereocenters. The third-order valence-electron chi connectivity index (χ3n) is 4.64. The second kappa shape index (κ2) is 7.30. The summed E-state index contributed by atoms with van der Waals surface area (Å²) in [6.45, 7) is 7.96. The van der Waals surface area contributed by atoms with Crippen LogP contribution >= 0.6 is 12.2 Å². The molecule has 0 saturated carbocycles. The van der Waals surface area contributed by atoms with Crippen molar-refractivity contribution < 1.29 is 4.79 Å². The van der Waals surface area contributed by atoms with E-state index in [0.717, 1.165) is 28.1 Å². The summed E-state index contributed by atoms with van der Waals surface area (Å²) < 4.78 is 0. The molecule has 1 heterocycles. The number of aryl methyl sites for hydroxylation is 3. The van der Waals surface area contributed by atoms with E-state index < -0.39 is 0 Å². The fourth-order valence-electron chi connectivity index (χ4n) is 3.28. The van der Waals surface area contributed by atoms with Gasteiger partial charge in [0, 0.05) is 11.4 Å². The third-order valence-corrected chi connectivity index (χ3v) is 4.86. The number of carbonyl (C=O) groups is 1. The highest BCUT2D eigenvalue weighted by molar-refractivity contribution is 7.80. The predicted octanol–water partition coefficient (Wildman–Crippen LogP) is 4.04. The molecule has 5 heteroatoms. The number of allylic oxidation sites excluding steroid dienone is 1. The molecule has 1 aliphatic heterocycles. The fourth-order valence-corrected chi connectivity index (χ4v) is 3.55. The molecule has 0 bridgehead atoms. The van der Waals surface area contributed by atoms with Crippen LogP contribution in [0.3, 0.4) is 0 Å². The molecular weight excluding hydrogens is 342 g/mol. The number of amides is 1. The molecule has 0 aromatic heterocycles. The number of hydrogen-bond acceptors (Lipinski definition) is 2. The van der Waals surface area contributed by atoms with E-state index in [1.165, 1.54) is 5.56 Å². The Labute approximate surface area is 159 Å². The lowest BCUT2D eigenvalue weighted by Crippen LogP contribution is -2.46. The van der Waals surface area contributed by atoms with Gasteiger partial charge in [0.1, 0.15) is 0 Å². The first kappa shape index (κ1) is 18.1. The number of hydrogen-bond donors (Lipinski definition) is 3. The normalized spacial score (nSPS) is 16.8. The van der Waals surface area contributed by atoms with Crippen molar-refractivity contribution in [3.63, 3.8) is 0 Å². The zero-order valence-electron chi connectivity index (χ0n) is 15.4. The van der Waals surface area contributed by atoms with Gasteiger partial charge in [0.05, 0.1) is 11.6 Å². The van der Waals surface area contributed by atoms with E-state index in [0.29, 0.717) is 10.7 Å². The molecule has 1 amide bonds. The average Bonchev–Trinajstić information content (AvgIpc) is 2.57. The monoisotopic (exact) mass is 365 g/mol. The number of nitrogens with one attached hydrogen (secondary N) is 3. The number of anilines is 1. The van der Waals surface area contributed by atoms with Gasteiger partial charge in [0.25, 0.3) is 5.91 Å². The molecule has 26 heavy (non-hydrogen) atoms. The number of benzene rings is 2. The second-order valence-electron chi connectivity index (χ2n) is 6.70. The number of carbonyl (C=O) groups excluding carboxylic acids is 1. The predicted molar refractivity (Wildman–Crippen MR) is 110 cm³/mol. The minimum Gasteiger partial charge on any atom is -0.351 e. The smallest absolute Gasteiger partial charge is 0.255 e. The summed E-state index contributed by atoms with van der Waals surface area (Å²) in [5.74, 6) is -0.134. The molecule has 0 spiro atoms. The van der Waals surface area contributed by atoms with E-state index in [-0.39, 0.29) is 11.9 Å². The van der Waals surface area contributed by atoms with Crippen molar-refractivity contribution >= 4 is 28.9 Å². The highest BCUT2D eigenvalue weighted by atomic mass is 32.1. The van der Waals surface area contributed by atoms with Crippen LogP contribution in [0.5, 0.6) is 0 Å². The average molecular weight is 366 g/mol. The van der Waals surface area contributed by atoms with Crippen molar-refractivity contribution in [2.24, 2.45) is 0 Å². The van der Waals surface area contributed by atoms with Gasteiger partial charge in [0.15, 0.2) is 5.11 Å². The standard InChI is InChI=1S/C21H23N3OS/c1-12-9-10-17(14(3)11-12)23-20(25)18-15(4)22-21(26)24-19(18)16-8-6-5-7-13(16)2/h5-11,19H,1-4H3,(H,23,25)(H2,22,24,26). The first-order valence-electron chi connectivity index (χ1n) is 8.59. The Morgan fingerprint density at radius 1 is 1.04 bits per heavy atom. The van der Waals surface area contributed by atoms with Crippen LogP contribution in [-0.4, -0.2) is 11.0 Å². The van der Waals surface area contributed by atoms with Crippen molar-refractivity contribution in [1.29, 1.82) is 0 Å². The largest absolute Gasteiger partial charge is 0.351 e. The SMILES string of the molecule is CC1=C(C(=O)Nc2ccc(C)cc2C)C(c2ccccc2C)NC(=S)N1. The number of rotatable bonds is 3. The fraction of sp³-hybridized carbons (Fsp3) is 0.238. The van der Waals surface area contributed by atoms with Gasteiger partial charge in [-0.2, -0.15) is 0 Å². The maximum absolute atomic E-state index is 13.1. The Morgan fingerprint density at radius 2 is 1.77 bits per heavy atom. The highest BCUT2D eigenvalue weighted by Crippen LogP contribution is 2.30. The van der Waals surface area contributed by atoms with E-state index in [1.807, 2.05) is 64.1 Å². The van der Waals surface area contributed by atoms with Gasteiger partial charge in [-0.1, -0.05) is 42.0 Å². The zero-order valence-corrected chi connectivity index (χ0v) is 16.3. The summed E-state index contributed by atoms with van der Waals surface area (Å²) in [6, 6.07) is 13.7. The van der Waals surface area contributed by atoms with Crippen LogP contribution in [0.2, 0.25) is 0 Å². The molecule has 0 fully saturated rings. The molecule has 4 nitrogen and oxygen atoms in total. The van der Waals surface area contributed by atoms with Crippen LogP contribution < -0.4 is 16.0 Å². The Morgan fingerprint density at radius 3 is 2.46 bits per heavy atom. The third kappa shape index (κ3) is 3.63. The second-order valence-corrected chi connectivity index (χ2v) is 7.11. The topological polar surface area (TPSA) is 53.2 Å². The molecule has 1 unspecified atom stereocenters. The van der Waals surface area contributed by atoms with E-state index in [1.54, 1.807) is 0 Å². The van der Waals surface area contributed by atoms with Crippen molar-refractivity contribution in [2.45, 2.75) is 33.7 Å². The van der Waals surface area contributed by atoms with E-state index >= 15 is 0 Å². The minimum atomic E-state index is -0.282. The van der Waals surface area contributed by atoms with E-state index in [9.17, 15) is 4.79 Å². The molecular formula is C21H23N3OS. The van der Waals surface area contributed by atoms with E-state index in [2.05, 4.69) is 22.0 Å². The van der Waals surface area contributed by atoms with Crippen LogP contribution in [0, 0.1) is 20.8 Å². The lowest BCUT2D eigenvalue weighted by atomic mass is 9.92. The Hall–Kier alpha value is -2.66. The lowest BCUT2D eigenvalue weighted by Gasteiger charge is -2.31. The molecule has 0 aliphatic carbocycles. The Balaban J connectivity index is 1.98. The molecule has 1 aliphatic rings. The van der Waals surface area contributed by atoms with Gasteiger partial charge in [0.2, 0.25) is 0 Å². The molecule has 0 radical (unpaired) electrons. The van der Waals surface area contributed by atoms with Crippen molar-refractivity contribution in [3.05, 3.63) is 76.0 Å². The molecule has 3 rings (SSSR count). The summed E-state index contributed by atoms with van der Waals surface area (Å²) in [7, 11) is 0. The Kier molecular flexibility index (Phi) is 5.09. The minimum absolute atomic E-state index is 0.134. The maximum Gasteiger partial charge on any atom is 0.255 e. The molecule has 2 aromatic carbocycles. The lowest BCUT2D eigenvalue weighted by molar-refractivity contribution is -0.113. The van der Waals surface area contributed by atoms with E-state index in [4.69, 9.17) is 12.2 Å². The molecule has 0 saturated heterocycles. The first-order valence-corrected chi connectivity index (χ1v) is 9.00. The van der Waals surface area contributed by atoms with Crippen LogP contribution in [0.15, 0.2) is 53.7 Å². The summed E-state index contributed by atoms with van der Waals surface area (Å²) >= 11 is 5.32. The maximum atomic E-state index is 13.1. The molecule has 134 valence electrons. The zero-order chi connectivity index (χ0) is 18.8. The summed E-state index contributed by atoms with van der Waals surface area (Å²) in [6.07, 6.45) is 0. The van der Waals surface area contributed by atoms with Gasteiger partial charge in [-0.25, -0.2) is 0 Å². The van der Waals surface area contributed by atoms with Crippen LogP contribution in [0.4, 0.5) is 5.69 Å². The number of thiocarbonyl (C=S) groups is 1. The van der Waals surface area contributed by atoms with Gasteiger partial charge in [-0.05, 0) is 62.7 Å². The van der Waals surface area contributed by atoms with Crippen molar-refractivity contribution in [1.82, 2.24) is 10.6 Å². The van der Waals surface area contributed by atoms with Gasteiger partial charge >= 0.3 is 0 Å². The Bertz CT molecular complexity index is 917. The van der Waals surface area contributed by atoms with Crippen molar-refractivity contribution in [3.8, 4) is 0 Å². The van der Waals surface area contributed by atoms with Gasteiger partial charge < -0.3 is 16.0 Å². The summed E-state index contributed by atoms with van der Waals surface area (Å²) in [4.78, 5) is 13.1. The van der Waals surface area contributed by atoms with Crippen LogP contribution in [0.1, 0.15) is 35.2 Å². The summed E-state index contributed by atoms with van der Waals surface area (Å²) in [5.41, 5.74) is 6.59. The van der Waals surface area contributed by atoms with Crippen molar-refractivity contribution in [2.75, 3.05) is 5.32 Å². The summed E-state index contributed by atoms with van der Waals surface area (Å²) in [5, 5.41) is 9.90. The highest BCUT2D eigenvalue weighted by Gasteiger charge is 2.30. The van der Waals surface area contributed by atoms with Crippen LogP contribution in [-0.2, 0) is 4.79 Å². The van der Waals surface area contributed by atoms with Crippen LogP contribution in [0.25, 0.3) is 0 Å².